The van der Waals surface area contributed by atoms with Crippen LogP contribution in [0.3, 0.4) is 0 Å². The summed E-state index contributed by atoms with van der Waals surface area (Å²) in [5.74, 6) is 0. The number of non-ortho nitro benzene ring substituents is 1. The Balaban J connectivity index is 2.75. The zero-order valence-corrected chi connectivity index (χ0v) is 12.2. The molecule has 19 heavy (non-hydrogen) atoms. The Hall–Kier alpha value is -1.29. The molecule has 0 spiro atoms. The first kappa shape index (κ1) is 15.8. The number of unbranched alkanes of at least 4 members (excludes halogenated alkanes) is 1. The molecule has 0 aliphatic heterocycles. The standard InChI is InChI=1S/C14H21ClN2O2/c1-3-5-7-11(6-4-2)16-14-9-8-12(17(18)19)10-13(14)15/h8-11,16H,3-7H2,1-2H3. The number of halogens is 1. The van der Waals surface area contributed by atoms with Gasteiger partial charge in [0.25, 0.3) is 5.69 Å². The van der Waals surface area contributed by atoms with Gasteiger partial charge < -0.3 is 5.32 Å². The van der Waals surface area contributed by atoms with Crippen molar-refractivity contribution in [1.82, 2.24) is 0 Å². The van der Waals surface area contributed by atoms with Gasteiger partial charge in [-0.25, -0.2) is 0 Å². The van der Waals surface area contributed by atoms with Crippen molar-refractivity contribution in [3.8, 4) is 0 Å². The molecule has 0 saturated heterocycles. The van der Waals surface area contributed by atoms with Crippen LogP contribution in [0.4, 0.5) is 11.4 Å². The fourth-order valence-electron chi connectivity index (χ4n) is 2.04. The second-order valence-electron chi connectivity index (χ2n) is 4.69. The molecule has 106 valence electrons. The number of benzene rings is 1. The summed E-state index contributed by atoms with van der Waals surface area (Å²) < 4.78 is 0. The highest BCUT2D eigenvalue weighted by atomic mass is 35.5. The summed E-state index contributed by atoms with van der Waals surface area (Å²) in [7, 11) is 0. The van der Waals surface area contributed by atoms with Crippen molar-refractivity contribution in [2.45, 2.75) is 52.0 Å². The molecule has 0 aromatic heterocycles. The van der Waals surface area contributed by atoms with Crippen LogP contribution in [0.1, 0.15) is 46.0 Å². The maximum atomic E-state index is 10.7. The van der Waals surface area contributed by atoms with Crippen LogP contribution in [0.5, 0.6) is 0 Å². The lowest BCUT2D eigenvalue weighted by Gasteiger charge is -2.19. The molecule has 0 fully saturated rings. The van der Waals surface area contributed by atoms with Crippen LogP contribution in [0.2, 0.25) is 5.02 Å². The molecule has 0 amide bonds. The Labute approximate surface area is 119 Å². The maximum Gasteiger partial charge on any atom is 0.271 e. The van der Waals surface area contributed by atoms with E-state index in [2.05, 4.69) is 19.2 Å². The van der Waals surface area contributed by atoms with Gasteiger partial charge in [0.2, 0.25) is 0 Å². The van der Waals surface area contributed by atoms with Crippen molar-refractivity contribution in [2.24, 2.45) is 0 Å². The molecule has 5 heteroatoms. The molecule has 4 nitrogen and oxygen atoms in total. The average molecular weight is 285 g/mol. The summed E-state index contributed by atoms with van der Waals surface area (Å²) >= 11 is 6.08. The van der Waals surface area contributed by atoms with Crippen LogP contribution < -0.4 is 5.32 Å². The van der Waals surface area contributed by atoms with Crippen molar-refractivity contribution in [2.75, 3.05) is 5.32 Å². The second-order valence-corrected chi connectivity index (χ2v) is 5.10. The van der Waals surface area contributed by atoms with Crippen molar-refractivity contribution < 1.29 is 4.92 Å². The maximum absolute atomic E-state index is 10.7. The lowest BCUT2D eigenvalue weighted by atomic mass is 10.0. The van der Waals surface area contributed by atoms with E-state index < -0.39 is 4.92 Å². The fourth-order valence-corrected chi connectivity index (χ4v) is 2.27. The van der Waals surface area contributed by atoms with Gasteiger partial charge in [-0.05, 0) is 18.9 Å². The third-order valence-corrected chi connectivity index (χ3v) is 3.38. The highest BCUT2D eigenvalue weighted by Gasteiger charge is 2.12. The third kappa shape index (κ3) is 5.07. The Kier molecular flexibility index (Phi) is 6.64. The molecule has 0 radical (unpaired) electrons. The van der Waals surface area contributed by atoms with E-state index in [1.807, 2.05) is 0 Å². The minimum absolute atomic E-state index is 0.0242. The van der Waals surface area contributed by atoms with Crippen LogP contribution >= 0.6 is 11.6 Å². The highest BCUT2D eigenvalue weighted by Crippen LogP contribution is 2.28. The lowest BCUT2D eigenvalue weighted by Crippen LogP contribution is -2.19. The van der Waals surface area contributed by atoms with Gasteiger partial charge in [-0.15, -0.1) is 0 Å². The number of nitrogens with zero attached hydrogens (tertiary/aromatic N) is 1. The quantitative estimate of drug-likeness (QED) is 0.539. The van der Waals surface area contributed by atoms with Crippen LogP contribution in [-0.2, 0) is 0 Å². The number of hydrogen-bond acceptors (Lipinski definition) is 3. The number of nitro benzene ring substituents is 1. The normalized spacial score (nSPS) is 12.2. The second kappa shape index (κ2) is 8.00. The van der Waals surface area contributed by atoms with Gasteiger partial charge >= 0.3 is 0 Å². The predicted octanol–water partition coefficient (Wildman–Crippen LogP) is 5.02. The van der Waals surface area contributed by atoms with E-state index in [0.717, 1.165) is 31.4 Å². The number of hydrogen-bond donors (Lipinski definition) is 1. The molecule has 0 heterocycles. The summed E-state index contributed by atoms with van der Waals surface area (Å²) in [6.45, 7) is 4.32. The number of anilines is 1. The van der Waals surface area contributed by atoms with Gasteiger partial charge in [-0.1, -0.05) is 44.7 Å². The summed E-state index contributed by atoms with van der Waals surface area (Å²) in [6.07, 6.45) is 5.61. The molecule has 1 aromatic carbocycles. The van der Waals surface area contributed by atoms with Crippen LogP contribution in [0.25, 0.3) is 0 Å². The van der Waals surface area contributed by atoms with E-state index in [9.17, 15) is 10.1 Å². The largest absolute Gasteiger partial charge is 0.381 e. The van der Waals surface area contributed by atoms with E-state index >= 15 is 0 Å². The van der Waals surface area contributed by atoms with Gasteiger partial charge in [0, 0.05) is 18.2 Å². The van der Waals surface area contributed by atoms with Gasteiger partial charge in [-0.2, -0.15) is 0 Å². The minimum Gasteiger partial charge on any atom is -0.381 e. The zero-order valence-electron chi connectivity index (χ0n) is 11.5. The van der Waals surface area contributed by atoms with Crippen molar-refractivity contribution >= 4 is 23.0 Å². The molecule has 1 atom stereocenters. The zero-order chi connectivity index (χ0) is 14.3. The fraction of sp³-hybridized carbons (Fsp3) is 0.571. The summed E-state index contributed by atoms with van der Waals surface area (Å²) in [5, 5.41) is 14.5. The van der Waals surface area contributed by atoms with E-state index in [4.69, 9.17) is 11.6 Å². The summed E-state index contributed by atoms with van der Waals surface area (Å²) in [4.78, 5) is 10.2. The Morgan fingerprint density at radius 3 is 2.58 bits per heavy atom. The number of rotatable bonds is 8. The van der Waals surface area contributed by atoms with E-state index in [1.54, 1.807) is 6.07 Å². The molecular formula is C14H21ClN2O2. The topological polar surface area (TPSA) is 55.2 Å². The van der Waals surface area contributed by atoms with Crippen molar-refractivity contribution in [1.29, 1.82) is 0 Å². The summed E-state index contributed by atoms with van der Waals surface area (Å²) in [5.41, 5.74) is 0.804. The monoisotopic (exact) mass is 284 g/mol. The molecule has 1 rings (SSSR count). The number of nitro groups is 1. The smallest absolute Gasteiger partial charge is 0.271 e. The molecule has 1 unspecified atom stereocenters. The SMILES string of the molecule is CCCCC(CCC)Nc1ccc([N+](=O)[O-])cc1Cl. The first-order valence-corrected chi connectivity index (χ1v) is 7.16. The Morgan fingerprint density at radius 1 is 1.32 bits per heavy atom. The van der Waals surface area contributed by atoms with Gasteiger partial charge in [-0.3, -0.25) is 10.1 Å². The first-order valence-electron chi connectivity index (χ1n) is 6.79. The molecular weight excluding hydrogens is 264 g/mol. The van der Waals surface area contributed by atoms with Gasteiger partial charge in [0.15, 0.2) is 0 Å². The molecule has 0 saturated carbocycles. The molecule has 0 aliphatic carbocycles. The van der Waals surface area contributed by atoms with Crippen LogP contribution in [0, 0.1) is 10.1 Å². The molecule has 0 aliphatic rings. The first-order chi connectivity index (χ1) is 9.08. The van der Waals surface area contributed by atoms with Gasteiger partial charge in [0.1, 0.15) is 0 Å². The van der Waals surface area contributed by atoms with E-state index in [1.165, 1.54) is 18.6 Å². The predicted molar refractivity (Wildman–Crippen MR) is 80.0 cm³/mol. The molecule has 0 bridgehead atoms. The molecule has 1 aromatic rings. The third-order valence-electron chi connectivity index (χ3n) is 3.07. The average Bonchev–Trinajstić information content (AvgIpc) is 2.38. The van der Waals surface area contributed by atoms with Crippen molar-refractivity contribution in [3.63, 3.8) is 0 Å². The Morgan fingerprint density at radius 2 is 2.05 bits per heavy atom. The number of nitrogens with one attached hydrogen (secondary N) is 1. The van der Waals surface area contributed by atoms with Crippen LogP contribution in [-0.4, -0.2) is 11.0 Å². The van der Waals surface area contributed by atoms with Crippen molar-refractivity contribution in [3.05, 3.63) is 33.3 Å². The van der Waals surface area contributed by atoms with E-state index in [-0.39, 0.29) is 5.69 Å². The highest BCUT2D eigenvalue weighted by molar-refractivity contribution is 6.33. The van der Waals surface area contributed by atoms with Gasteiger partial charge in [0.05, 0.1) is 15.6 Å². The lowest BCUT2D eigenvalue weighted by molar-refractivity contribution is -0.384. The molecule has 1 N–H and O–H groups in total. The minimum atomic E-state index is -0.434. The van der Waals surface area contributed by atoms with Crippen LogP contribution in [0.15, 0.2) is 18.2 Å². The summed E-state index contributed by atoms with van der Waals surface area (Å²) in [6, 6.07) is 4.95. The van der Waals surface area contributed by atoms with E-state index in [0.29, 0.717) is 11.1 Å². The Bertz CT molecular complexity index is 424.